The molecular weight excluding hydrogens is 132 g/mol. The third-order valence-corrected chi connectivity index (χ3v) is 6.20. The zero-order valence-corrected chi connectivity index (χ0v) is 6.53. The molecule has 0 heterocycles. The van der Waals surface area contributed by atoms with Crippen LogP contribution in [0.2, 0.25) is 0 Å². The summed E-state index contributed by atoms with van der Waals surface area (Å²) in [5.74, 6) is 8.33. The Labute approximate surface area is 66.7 Å². The Hall–Kier alpha value is -0.260. The molecule has 2 bridgehead atoms. The predicted octanol–water partition coefficient (Wildman–Crippen LogP) is 1.93. The van der Waals surface area contributed by atoms with E-state index in [1.54, 1.807) is 6.42 Å². The molecule has 6 saturated carbocycles. The van der Waals surface area contributed by atoms with Crippen LogP contribution in [0, 0.1) is 46.8 Å². The van der Waals surface area contributed by atoms with Gasteiger partial charge in [0.25, 0.3) is 0 Å². The second kappa shape index (κ2) is 0.901. The van der Waals surface area contributed by atoms with E-state index in [9.17, 15) is 0 Å². The first-order chi connectivity index (χ1) is 5.41. The van der Waals surface area contributed by atoms with Crippen LogP contribution in [-0.4, -0.2) is 0 Å². The summed E-state index contributed by atoms with van der Waals surface area (Å²) in [6.45, 7) is 4.04. The van der Waals surface area contributed by atoms with Crippen molar-refractivity contribution in [1.29, 1.82) is 0 Å². The van der Waals surface area contributed by atoms with Crippen LogP contribution in [0.1, 0.15) is 6.42 Å². The van der Waals surface area contributed by atoms with Gasteiger partial charge in [0.05, 0.1) is 0 Å². The molecule has 0 nitrogen and oxygen atoms in total. The molecule has 11 heavy (non-hydrogen) atoms. The molecule has 6 fully saturated rings. The highest BCUT2D eigenvalue weighted by Crippen LogP contribution is 3.00. The van der Waals surface area contributed by atoms with Crippen molar-refractivity contribution < 1.29 is 0 Å². The summed E-state index contributed by atoms with van der Waals surface area (Å²) in [6, 6.07) is 0. The van der Waals surface area contributed by atoms with E-state index in [0.29, 0.717) is 0 Å². The average Bonchev–Trinajstić information content (AvgIpc) is 2.27. The van der Waals surface area contributed by atoms with E-state index in [0.717, 1.165) is 17.3 Å². The molecule has 8 atom stereocenters. The molecule has 0 radical (unpaired) electrons. The van der Waals surface area contributed by atoms with Crippen LogP contribution in [0.15, 0.2) is 12.7 Å². The molecule has 0 amide bonds. The first kappa shape index (κ1) is 4.69. The van der Waals surface area contributed by atoms with E-state index < -0.39 is 0 Å². The lowest BCUT2D eigenvalue weighted by Crippen LogP contribution is -2.88. The Morgan fingerprint density at radius 1 is 1.09 bits per heavy atom. The van der Waals surface area contributed by atoms with Crippen LogP contribution in [0.5, 0.6) is 0 Å². The summed E-state index contributed by atoms with van der Waals surface area (Å²) >= 11 is 0. The van der Waals surface area contributed by atoms with Gasteiger partial charge in [-0.05, 0) is 53.3 Å². The van der Waals surface area contributed by atoms with Crippen LogP contribution >= 0.6 is 0 Å². The van der Waals surface area contributed by atoms with Crippen LogP contribution in [0.4, 0.5) is 0 Å². The van der Waals surface area contributed by atoms with E-state index in [4.69, 9.17) is 0 Å². The van der Waals surface area contributed by atoms with Crippen molar-refractivity contribution in [1.82, 2.24) is 0 Å². The SMILES string of the molecule is C=CC12C3[C@H]4C5CC([C@H]41)[C@@H]2[C@@H]53. The molecule has 4 unspecified atom stereocenters. The Bertz CT molecular complexity index is 279. The molecule has 0 aromatic carbocycles. The largest absolute Gasteiger partial charge is 0.102 e. The summed E-state index contributed by atoms with van der Waals surface area (Å²) in [4.78, 5) is 0. The van der Waals surface area contributed by atoms with Crippen molar-refractivity contribution in [3.63, 3.8) is 0 Å². The molecule has 6 rings (SSSR count). The van der Waals surface area contributed by atoms with Crippen LogP contribution in [0.3, 0.4) is 0 Å². The number of allylic oxidation sites excluding steroid dienone is 1. The van der Waals surface area contributed by atoms with Gasteiger partial charge in [-0.25, -0.2) is 0 Å². The Kier molecular flexibility index (Phi) is 0.384. The maximum absolute atomic E-state index is 4.04. The molecular formula is C11H12. The van der Waals surface area contributed by atoms with E-state index in [1.807, 2.05) is 0 Å². The lowest BCUT2D eigenvalue weighted by Gasteiger charge is -2.90. The maximum Gasteiger partial charge on any atom is -0.00193 e. The van der Waals surface area contributed by atoms with Gasteiger partial charge >= 0.3 is 0 Å². The molecule has 0 aromatic rings. The van der Waals surface area contributed by atoms with E-state index in [1.165, 1.54) is 29.6 Å². The van der Waals surface area contributed by atoms with Crippen molar-refractivity contribution >= 4 is 0 Å². The third-order valence-electron chi connectivity index (χ3n) is 6.20. The number of rotatable bonds is 1. The molecule has 56 valence electrons. The van der Waals surface area contributed by atoms with Crippen LogP contribution < -0.4 is 0 Å². The first-order valence-electron chi connectivity index (χ1n) is 5.05. The maximum atomic E-state index is 4.04. The van der Waals surface area contributed by atoms with Gasteiger partial charge in [-0.2, -0.15) is 0 Å². The van der Waals surface area contributed by atoms with Crippen LogP contribution in [0.25, 0.3) is 0 Å². The summed E-state index contributed by atoms with van der Waals surface area (Å²) in [5, 5.41) is 0. The van der Waals surface area contributed by atoms with Gasteiger partial charge in [-0.15, -0.1) is 6.58 Å². The summed E-state index contributed by atoms with van der Waals surface area (Å²) in [5.41, 5.74) is 0.757. The Balaban J connectivity index is 1.84. The fourth-order valence-electron chi connectivity index (χ4n) is 6.39. The fourth-order valence-corrected chi connectivity index (χ4v) is 6.39. The number of hydrogen-bond acceptors (Lipinski definition) is 0. The molecule has 6 aliphatic rings. The standard InChI is InChI=1S/C11H12/c1-2-11-8-5-3-4-6(8)10(11)7(4)9(5)11/h2,4-10H,1,3H2/t4?,5?,6-,7+,8-,9-,10?,11?/m1/s1. The lowest BCUT2D eigenvalue weighted by molar-refractivity contribution is -0.425. The van der Waals surface area contributed by atoms with E-state index in [2.05, 4.69) is 12.7 Å². The minimum absolute atomic E-state index is 0.757. The molecule has 0 heteroatoms. The first-order valence-corrected chi connectivity index (χ1v) is 5.05. The Morgan fingerprint density at radius 2 is 1.82 bits per heavy atom. The number of hydrogen-bond donors (Lipinski definition) is 0. The van der Waals surface area contributed by atoms with Crippen molar-refractivity contribution in [3.05, 3.63) is 12.7 Å². The minimum Gasteiger partial charge on any atom is -0.102 e. The van der Waals surface area contributed by atoms with Crippen LogP contribution in [-0.2, 0) is 0 Å². The second-order valence-electron chi connectivity index (χ2n) is 5.50. The highest BCUT2D eigenvalue weighted by atomic mass is 15.0. The molecule has 0 spiro atoms. The average molecular weight is 144 g/mol. The van der Waals surface area contributed by atoms with Gasteiger partial charge in [-0.1, -0.05) is 6.08 Å². The van der Waals surface area contributed by atoms with Gasteiger partial charge in [0.1, 0.15) is 0 Å². The van der Waals surface area contributed by atoms with Gasteiger partial charge in [0.2, 0.25) is 0 Å². The summed E-state index contributed by atoms with van der Waals surface area (Å²) in [6.07, 6.45) is 3.95. The van der Waals surface area contributed by atoms with Gasteiger partial charge < -0.3 is 0 Å². The summed E-state index contributed by atoms with van der Waals surface area (Å²) in [7, 11) is 0. The molecule has 0 aliphatic heterocycles. The van der Waals surface area contributed by atoms with Crippen molar-refractivity contribution in [2.24, 2.45) is 46.8 Å². The zero-order chi connectivity index (χ0) is 6.96. The minimum atomic E-state index is 0.757. The van der Waals surface area contributed by atoms with Crippen molar-refractivity contribution in [3.8, 4) is 0 Å². The van der Waals surface area contributed by atoms with E-state index in [-0.39, 0.29) is 0 Å². The predicted molar refractivity (Wildman–Crippen MR) is 41.7 cm³/mol. The quantitative estimate of drug-likeness (QED) is 0.493. The second-order valence-corrected chi connectivity index (χ2v) is 5.50. The zero-order valence-electron chi connectivity index (χ0n) is 6.53. The van der Waals surface area contributed by atoms with Gasteiger partial charge in [0.15, 0.2) is 0 Å². The topological polar surface area (TPSA) is 0 Å². The molecule has 0 saturated heterocycles. The highest BCUT2D eigenvalue weighted by molar-refractivity contribution is 5.47. The van der Waals surface area contributed by atoms with E-state index >= 15 is 0 Å². The molecule has 0 N–H and O–H groups in total. The van der Waals surface area contributed by atoms with Gasteiger partial charge in [-0.3, -0.25) is 0 Å². The lowest BCUT2D eigenvalue weighted by atomic mass is 9.13. The molecule has 0 aromatic heterocycles. The molecule has 6 aliphatic carbocycles. The highest BCUT2D eigenvalue weighted by Gasteiger charge is 2.96. The fraction of sp³-hybridized carbons (Fsp3) is 0.818. The smallest absolute Gasteiger partial charge is 0.00193 e. The monoisotopic (exact) mass is 144 g/mol. The normalized spacial score (nSPS) is 89.3. The Morgan fingerprint density at radius 3 is 2.36 bits per heavy atom. The third kappa shape index (κ3) is 0.181. The van der Waals surface area contributed by atoms with Crippen molar-refractivity contribution in [2.45, 2.75) is 6.42 Å². The summed E-state index contributed by atoms with van der Waals surface area (Å²) < 4.78 is 0. The van der Waals surface area contributed by atoms with Gasteiger partial charge in [0, 0.05) is 0 Å². The van der Waals surface area contributed by atoms with Crippen molar-refractivity contribution in [2.75, 3.05) is 0 Å².